The molecule has 220 valence electrons. The maximum atomic E-state index is 2.47. The molecule has 3 aliphatic carbocycles. The number of anilines is 3. The van der Waals surface area contributed by atoms with E-state index in [2.05, 4.69) is 169 Å². The molecule has 0 aliphatic heterocycles. The van der Waals surface area contributed by atoms with Crippen LogP contribution in [0.3, 0.4) is 0 Å². The number of nitrogens with zero attached hydrogens (tertiary/aromatic N) is 1. The highest BCUT2D eigenvalue weighted by Crippen LogP contribution is 2.57. The molecule has 6 bridgehead atoms. The minimum absolute atomic E-state index is 1.02. The molecule has 3 aliphatic rings. The van der Waals surface area contributed by atoms with Crippen LogP contribution in [0.1, 0.15) is 18.4 Å². The molecule has 1 heteroatoms. The Morgan fingerprint density at radius 1 is 0.383 bits per heavy atom. The summed E-state index contributed by atoms with van der Waals surface area (Å²) in [7, 11) is 0. The number of hydrogen-bond donors (Lipinski definition) is 0. The van der Waals surface area contributed by atoms with Gasteiger partial charge in [0.1, 0.15) is 0 Å². The van der Waals surface area contributed by atoms with Gasteiger partial charge in [0, 0.05) is 16.9 Å². The van der Waals surface area contributed by atoms with Crippen molar-refractivity contribution in [3.8, 4) is 55.6 Å². The Morgan fingerprint density at radius 2 is 0.957 bits per heavy atom. The summed E-state index contributed by atoms with van der Waals surface area (Å²) in [6.45, 7) is 0. The highest BCUT2D eigenvalue weighted by Gasteiger charge is 2.31. The van der Waals surface area contributed by atoms with Crippen molar-refractivity contribution >= 4 is 28.7 Å². The summed E-state index contributed by atoms with van der Waals surface area (Å²) in [6, 6.07) is 58.5. The molecule has 0 saturated heterocycles. The van der Waals surface area contributed by atoms with Crippen LogP contribution < -0.4 is 15.3 Å². The lowest BCUT2D eigenvalue weighted by molar-refractivity contribution is 1.07. The van der Waals surface area contributed by atoms with Crippen LogP contribution in [-0.4, -0.2) is 0 Å². The first kappa shape index (κ1) is 26.3. The van der Waals surface area contributed by atoms with Gasteiger partial charge in [-0.2, -0.15) is 0 Å². The third kappa shape index (κ3) is 3.90. The molecule has 0 aromatic heterocycles. The van der Waals surface area contributed by atoms with E-state index in [0.717, 1.165) is 24.2 Å². The number of fused-ring (bicyclic) bond motifs is 5. The van der Waals surface area contributed by atoms with Crippen LogP contribution in [0.25, 0.3) is 67.3 Å². The zero-order valence-electron chi connectivity index (χ0n) is 25.9. The first-order chi connectivity index (χ1) is 23.3. The van der Waals surface area contributed by atoms with Crippen LogP contribution in [0.5, 0.6) is 0 Å². The smallest absolute Gasteiger partial charge is 0.0536 e. The van der Waals surface area contributed by atoms with Gasteiger partial charge in [0.2, 0.25) is 0 Å². The number of para-hydroxylation sites is 2. The monoisotopic (exact) mass is 597 g/mol. The van der Waals surface area contributed by atoms with Crippen molar-refractivity contribution in [1.29, 1.82) is 0 Å². The minimum atomic E-state index is 1.02. The molecular formula is C46H31N. The highest BCUT2D eigenvalue weighted by atomic mass is 15.1. The molecule has 0 saturated carbocycles. The van der Waals surface area contributed by atoms with Crippen LogP contribution in [0.15, 0.2) is 158 Å². The van der Waals surface area contributed by atoms with Gasteiger partial charge in [0.15, 0.2) is 0 Å². The molecule has 0 N–H and O–H groups in total. The molecule has 7 aromatic rings. The molecule has 0 spiro atoms. The SMILES string of the molecule is C1=c2ccccc2=C(c2ccccc2N(c2ccccc2)c2ccc3c(c2)-c2c4cccc2-c2cccc-3c2-c2ccccc2-4)CC1. The topological polar surface area (TPSA) is 3.24 Å². The quantitative estimate of drug-likeness (QED) is 0.195. The summed E-state index contributed by atoms with van der Waals surface area (Å²) in [5.41, 5.74) is 19.3. The van der Waals surface area contributed by atoms with E-state index >= 15 is 0 Å². The van der Waals surface area contributed by atoms with Gasteiger partial charge in [-0.05, 0) is 115 Å². The fourth-order valence-corrected chi connectivity index (χ4v) is 8.30. The van der Waals surface area contributed by atoms with E-state index in [0.29, 0.717) is 0 Å². The van der Waals surface area contributed by atoms with Gasteiger partial charge in [-0.25, -0.2) is 0 Å². The summed E-state index contributed by atoms with van der Waals surface area (Å²) in [6.07, 6.45) is 4.45. The Morgan fingerprint density at radius 3 is 1.74 bits per heavy atom. The van der Waals surface area contributed by atoms with Crippen LogP contribution in [0, 0.1) is 0 Å². The van der Waals surface area contributed by atoms with E-state index in [1.54, 1.807) is 0 Å². The van der Waals surface area contributed by atoms with Crippen molar-refractivity contribution in [2.24, 2.45) is 0 Å². The zero-order valence-corrected chi connectivity index (χ0v) is 25.9. The molecule has 0 heterocycles. The molecule has 10 rings (SSSR count). The maximum Gasteiger partial charge on any atom is 0.0536 e. The third-order valence-electron chi connectivity index (χ3n) is 10.3. The van der Waals surface area contributed by atoms with Gasteiger partial charge in [-0.15, -0.1) is 0 Å². The van der Waals surface area contributed by atoms with Gasteiger partial charge in [0.05, 0.1) is 5.69 Å². The normalized spacial score (nSPS) is 13.1. The minimum Gasteiger partial charge on any atom is -0.310 e. The molecule has 47 heavy (non-hydrogen) atoms. The largest absolute Gasteiger partial charge is 0.310 e. The average molecular weight is 598 g/mol. The van der Waals surface area contributed by atoms with Gasteiger partial charge >= 0.3 is 0 Å². The van der Waals surface area contributed by atoms with Crippen molar-refractivity contribution in [2.75, 3.05) is 4.90 Å². The molecule has 0 unspecified atom stereocenters. The lowest BCUT2D eigenvalue weighted by atomic mass is 9.83. The van der Waals surface area contributed by atoms with E-state index in [9.17, 15) is 0 Å². The van der Waals surface area contributed by atoms with Crippen molar-refractivity contribution in [3.05, 3.63) is 174 Å². The number of rotatable bonds is 4. The Bertz CT molecular complexity index is 2500. The van der Waals surface area contributed by atoms with E-state index in [1.165, 1.54) is 82.9 Å². The molecule has 7 aromatic carbocycles. The lowest BCUT2D eigenvalue weighted by Crippen LogP contribution is -2.29. The van der Waals surface area contributed by atoms with Gasteiger partial charge < -0.3 is 4.90 Å². The highest BCUT2D eigenvalue weighted by molar-refractivity contribution is 6.15. The van der Waals surface area contributed by atoms with Gasteiger partial charge in [-0.1, -0.05) is 133 Å². The molecule has 0 atom stereocenters. The summed E-state index contributed by atoms with van der Waals surface area (Å²) in [5.74, 6) is 0. The van der Waals surface area contributed by atoms with Crippen LogP contribution >= 0.6 is 0 Å². The molecular weight excluding hydrogens is 567 g/mol. The third-order valence-corrected chi connectivity index (χ3v) is 10.3. The molecule has 0 fully saturated rings. The summed E-state index contributed by atoms with van der Waals surface area (Å²) in [4.78, 5) is 2.47. The maximum absolute atomic E-state index is 2.47. The second kappa shape index (κ2) is 10.3. The number of benzene rings is 7. The first-order valence-electron chi connectivity index (χ1n) is 16.6. The van der Waals surface area contributed by atoms with Gasteiger partial charge in [-0.3, -0.25) is 0 Å². The fraction of sp³-hybridized carbons (Fsp3) is 0.0435. The Hall–Kier alpha value is -5.92. The zero-order chi connectivity index (χ0) is 30.9. The summed E-state index contributed by atoms with van der Waals surface area (Å²) >= 11 is 0. The van der Waals surface area contributed by atoms with E-state index in [4.69, 9.17) is 0 Å². The standard InChI is InChI=1S/C46H31N/c1-2-15-31(16-3-1)47(44-26-9-8-19-37(44)34-21-10-14-30-13-4-5-17-33(30)34)32-27-28-36-40-23-12-24-41-42-25-11-22-39(46(42)43(36)29-32)35-18-6-7-20-38(35)45(40)41/h1-9,11-20,22-29H,10,21H2. The molecule has 1 nitrogen and oxygen atoms in total. The van der Waals surface area contributed by atoms with E-state index in [-0.39, 0.29) is 0 Å². The summed E-state index contributed by atoms with van der Waals surface area (Å²) < 4.78 is 0. The summed E-state index contributed by atoms with van der Waals surface area (Å²) in [5, 5.41) is 2.67. The van der Waals surface area contributed by atoms with Crippen molar-refractivity contribution < 1.29 is 0 Å². The number of hydrogen-bond acceptors (Lipinski definition) is 1. The van der Waals surface area contributed by atoms with Crippen LogP contribution in [0.2, 0.25) is 0 Å². The van der Waals surface area contributed by atoms with Crippen LogP contribution in [-0.2, 0) is 0 Å². The predicted molar refractivity (Wildman–Crippen MR) is 197 cm³/mol. The first-order valence-corrected chi connectivity index (χ1v) is 16.6. The van der Waals surface area contributed by atoms with Crippen molar-refractivity contribution in [2.45, 2.75) is 12.8 Å². The van der Waals surface area contributed by atoms with Gasteiger partial charge in [0.25, 0.3) is 0 Å². The predicted octanol–water partition coefficient (Wildman–Crippen LogP) is 10.9. The van der Waals surface area contributed by atoms with Crippen molar-refractivity contribution in [1.82, 2.24) is 0 Å². The Kier molecular flexibility index (Phi) is 5.77. The Balaban J connectivity index is 1.26. The fourth-order valence-electron chi connectivity index (χ4n) is 8.30. The second-order valence-corrected chi connectivity index (χ2v) is 12.7. The Labute approximate surface area is 275 Å². The lowest BCUT2D eigenvalue weighted by Gasteiger charge is -2.30. The second-order valence-electron chi connectivity index (χ2n) is 12.7. The van der Waals surface area contributed by atoms with Crippen molar-refractivity contribution in [3.63, 3.8) is 0 Å². The van der Waals surface area contributed by atoms with Crippen LogP contribution in [0.4, 0.5) is 17.1 Å². The van der Waals surface area contributed by atoms with E-state index in [1.807, 2.05) is 0 Å². The van der Waals surface area contributed by atoms with E-state index < -0.39 is 0 Å². The molecule has 0 amide bonds. The molecule has 0 radical (unpaired) electrons. The average Bonchev–Trinajstić information content (AvgIpc) is 3.25.